The molecule has 0 fully saturated rings. The number of methoxy groups -OCH3 is 1. The number of hydrogen-bond donors (Lipinski definition) is 3. The Balaban J connectivity index is 1.73. The van der Waals surface area contributed by atoms with Gasteiger partial charge in [-0.05, 0) is 61.9 Å². The molecule has 1 heterocycles. The molecule has 0 bridgehead atoms. The number of carbonyl (C=O) groups excluding carboxylic acids is 1. The second-order valence-electron chi connectivity index (χ2n) is 7.80. The number of aromatic nitrogens is 2. The van der Waals surface area contributed by atoms with Gasteiger partial charge < -0.3 is 19.8 Å². The van der Waals surface area contributed by atoms with Gasteiger partial charge in [0.05, 0.1) is 24.2 Å². The average Bonchev–Trinajstić information content (AvgIpc) is 3.12. The van der Waals surface area contributed by atoms with Crippen LogP contribution >= 0.6 is 7.60 Å². The summed E-state index contributed by atoms with van der Waals surface area (Å²) in [6.07, 6.45) is 4.78. The molecule has 0 aliphatic heterocycles. The van der Waals surface area contributed by atoms with E-state index in [0.29, 0.717) is 11.3 Å². The number of amides is 1. The van der Waals surface area contributed by atoms with E-state index in [9.17, 15) is 19.1 Å². The van der Waals surface area contributed by atoms with Crippen LogP contribution in [0.4, 0.5) is 5.69 Å². The third kappa shape index (κ3) is 4.99. The first-order valence-corrected chi connectivity index (χ1v) is 11.5. The summed E-state index contributed by atoms with van der Waals surface area (Å²) in [4.78, 5) is 31.5. The average molecular weight is 455 g/mol. The van der Waals surface area contributed by atoms with Gasteiger partial charge in [0.1, 0.15) is 5.75 Å². The maximum absolute atomic E-state index is 12.4. The Labute approximate surface area is 186 Å². The zero-order valence-electron chi connectivity index (χ0n) is 18.3. The lowest BCUT2D eigenvalue weighted by Gasteiger charge is -2.26. The molecule has 32 heavy (non-hydrogen) atoms. The highest BCUT2D eigenvalue weighted by Gasteiger charge is 2.39. The zero-order valence-corrected chi connectivity index (χ0v) is 19.2. The Morgan fingerprint density at radius 3 is 2.31 bits per heavy atom. The highest BCUT2D eigenvalue weighted by atomic mass is 31.2. The van der Waals surface area contributed by atoms with Gasteiger partial charge in [0, 0.05) is 29.9 Å². The summed E-state index contributed by atoms with van der Waals surface area (Å²) in [6.45, 7) is 2.97. The van der Waals surface area contributed by atoms with Crippen molar-refractivity contribution in [2.75, 3.05) is 12.4 Å². The van der Waals surface area contributed by atoms with Crippen molar-refractivity contribution in [3.8, 4) is 17.0 Å². The Morgan fingerprint density at radius 1 is 1.12 bits per heavy atom. The SMILES string of the molecule is COc1ccc(-c2c(/C=C\C(=O)Nc3ccc(C(C)(C)P(=O)(O)O)cc3)cnn2C)cc1. The van der Waals surface area contributed by atoms with Gasteiger partial charge in [-0.3, -0.25) is 14.0 Å². The Bertz CT molecular complexity index is 1180. The van der Waals surface area contributed by atoms with Gasteiger partial charge in [-0.15, -0.1) is 0 Å². The fraction of sp³-hybridized carbons (Fsp3) is 0.217. The summed E-state index contributed by atoms with van der Waals surface area (Å²) in [6, 6.07) is 14.0. The molecule has 0 radical (unpaired) electrons. The van der Waals surface area contributed by atoms with Crippen molar-refractivity contribution in [3.63, 3.8) is 0 Å². The lowest BCUT2D eigenvalue weighted by Crippen LogP contribution is -2.17. The topological polar surface area (TPSA) is 114 Å². The molecule has 3 N–H and O–H groups in total. The van der Waals surface area contributed by atoms with E-state index in [2.05, 4.69) is 10.4 Å². The second kappa shape index (κ2) is 9.12. The number of nitrogens with zero attached hydrogens (tertiary/aromatic N) is 2. The van der Waals surface area contributed by atoms with Crippen LogP contribution in [0.1, 0.15) is 25.0 Å². The van der Waals surface area contributed by atoms with Gasteiger partial charge in [-0.2, -0.15) is 5.10 Å². The predicted octanol–water partition coefficient (Wildman–Crippen LogP) is 4.16. The van der Waals surface area contributed by atoms with Gasteiger partial charge in [0.2, 0.25) is 5.91 Å². The molecule has 1 amide bonds. The Kier molecular flexibility index (Phi) is 6.69. The molecule has 8 nitrogen and oxygen atoms in total. The van der Waals surface area contributed by atoms with Crippen LogP contribution < -0.4 is 10.1 Å². The van der Waals surface area contributed by atoms with Crippen LogP contribution in [0.3, 0.4) is 0 Å². The second-order valence-corrected chi connectivity index (χ2v) is 10.0. The zero-order chi connectivity index (χ0) is 23.5. The normalized spacial score (nSPS) is 12.2. The smallest absolute Gasteiger partial charge is 0.335 e. The fourth-order valence-corrected chi connectivity index (χ4v) is 3.64. The number of rotatable bonds is 7. The maximum atomic E-state index is 12.4. The third-order valence-corrected chi connectivity index (χ3v) is 7.05. The molecule has 0 saturated carbocycles. The van der Waals surface area contributed by atoms with Crippen LogP contribution in [0.2, 0.25) is 0 Å². The summed E-state index contributed by atoms with van der Waals surface area (Å²) in [7, 11) is -0.884. The van der Waals surface area contributed by atoms with E-state index in [-0.39, 0.29) is 5.91 Å². The molecule has 0 unspecified atom stereocenters. The van der Waals surface area contributed by atoms with Crippen molar-refractivity contribution in [1.82, 2.24) is 9.78 Å². The number of carbonyl (C=O) groups is 1. The van der Waals surface area contributed by atoms with Gasteiger partial charge in [-0.1, -0.05) is 12.1 Å². The third-order valence-electron chi connectivity index (χ3n) is 5.33. The minimum atomic E-state index is -4.32. The fourth-order valence-electron chi connectivity index (χ4n) is 3.16. The van der Waals surface area contributed by atoms with Crippen molar-refractivity contribution in [2.45, 2.75) is 19.0 Å². The van der Waals surface area contributed by atoms with Crippen molar-refractivity contribution < 1.29 is 23.9 Å². The molecule has 0 spiro atoms. The summed E-state index contributed by atoms with van der Waals surface area (Å²) in [5, 5.41) is 5.72. The van der Waals surface area contributed by atoms with Crippen LogP contribution in [-0.4, -0.2) is 32.6 Å². The number of benzene rings is 2. The largest absolute Gasteiger partial charge is 0.497 e. The molecule has 3 rings (SSSR count). The van der Waals surface area contributed by atoms with Gasteiger partial charge >= 0.3 is 7.60 Å². The number of aryl methyl sites for hydroxylation is 1. The van der Waals surface area contributed by atoms with E-state index >= 15 is 0 Å². The van der Waals surface area contributed by atoms with Crippen LogP contribution in [0.5, 0.6) is 5.75 Å². The standard InChI is InChI=1S/C23H26N3O5P/c1-23(2,32(28,29)30)18-8-10-19(11-9-18)25-21(27)14-7-17-15-24-26(3)22(17)16-5-12-20(31-4)13-6-16/h5-15H,1-4H3,(H,25,27)(H2,28,29,30)/b14-7-. The number of anilines is 1. The molecule has 0 aliphatic carbocycles. The van der Waals surface area contributed by atoms with Crippen LogP contribution in [0.15, 0.2) is 60.8 Å². The molecular weight excluding hydrogens is 429 g/mol. The summed E-state index contributed by atoms with van der Waals surface area (Å²) in [5.74, 6) is 0.416. The minimum Gasteiger partial charge on any atom is -0.497 e. The van der Waals surface area contributed by atoms with E-state index in [1.54, 1.807) is 48.3 Å². The molecule has 0 atom stereocenters. The van der Waals surface area contributed by atoms with Crippen molar-refractivity contribution in [3.05, 3.63) is 71.9 Å². The number of nitrogens with one attached hydrogen (secondary N) is 1. The van der Waals surface area contributed by atoms with Crippen molar-refractivity contribution >= 4 is 25.3 Å². The van der Waals surface area contributed by atoms with Crippen LogP contribution in [-0.2, 0) is 21.6 Å². The monoisotopic (exact) mass is 455 g/mol. The van der Waals surface area contributed by atoms with Crippen molar-refractivity contribution in [2.24, 2.45) is 7.05 Å². The lowest BCUT2D eigenvalue weighted by molar-refractivity contribution is -0.111. The van der Waals surface area contributed by atoms with Crippen LogP contribution in [0, 0.1) is 0 Å². The molecule has 2 aromatic carbocycles. The van der Waals surface area contributed by atoms with E-state index in [4.69, 9.17) is 4.74 Å². The quantitative estimate of drug-likeness (QED) is 0.364. The molecule has 168 valence electrons. The summed E-state index contributed by atoms with van der Waals surface area (Å²) in [5.41, 5.74) is 3.59. The molecule has 9 heteroatoms. The van der Waals surface area contributed by atoms with E-state index in [1.165, 1.54) is 19.9 Å². The van der Waals surface area contributed by atoms with E-state index < -0.39 is 12.8 Å². The first-order chi connectivity index (χ1) is 15.0. The molecule has 0 saturated heterocycles. The molecule has 0 aliphatic rings. The van der Waals surface area contributed by atoms with Crippen molar-refractivity contribution in [1.29, 1.82) is 0 Å². The maximum Gasteiger partial charge on any atom is 0.335 e. The van der Waals surface area contributed by atoms with Gasteiger partial charge in [0.25, 0.3) is 0 Å². The molecular formula is C23H26N3O5P. The summed E-state index contributed by atoms with van der Waals surface area (Å²) < 4.78 is 18.6. The van der Waals surface area contributed by atoms with Gasteiger partial charge in [-0.25, -0.2) is 0 Å². The number of ether oxygens (including phenoxy) is 1. The molecule has 1 aromatic heterocycles. The Hall–Kier alpha value is -3.19. The van der Waals surface area contributed by atoms with Gasteiger partial charge in [0.15, 0.2) is 0 Å². The predicted molar refractivity (Wildman–Crippen MR) is 124 cm³/mol. The van der Waals surface area contributed by atoms with E-state index in [0.717, 1.165) is 22.6 Å². The Morgan fingerprint density at radius 2 is 1.75 bits per heavy atom. The summed E-state index contributed by atoms with van der Waals surface area (Å²) >= 11 is 0. The molecule has 3 aromatic rings. The highest BCUT2D eigenvalue weighted by Crippen LogP contribution is 2.56. The lowest BCUT2D eigenvalue weighted by atomic mass is 10.0. The number of hydrogen-bond acceptors (Lipinski definition) is 4. The first kappa shape index (κ1) is 23.5. The minimum absolute atomic E-state index is 0.337. The van der Waals surface area contributed by atoms with E-state index in [1.807, 2.05) is 31.3 Å². The van der Waals surface area contributed by atoms with Crippen LogP contribution in [0.25, 0.3) is 17.3 Å². The highest BCUT2D eigenvalue weighted by molar-refractivity contribution is 7.53. The first-order valence-electron chi connectivity index (χ1n) is 9.84.